The van der Waals surface area contributed by atoms with Gasteiger partial charge in [-0.25, -0.2) is 4.39 Å². The van der Waals surface area contributed by atoms with E-state index in [4.69, 9.17) is 10.5 Å². The summed E-state index contributed by atoms with van der Waals surface area (Å²) in [5, 5.41) is 0. The van der Waals surface area contributed by atoms with E-state index in [1.807, 2.05) is 6.07 Å². The lowest BCUT2D eigenvalue weighted by molar-refractivity contribution is 0.222. The van der Waals surface area contributed by atoms with Crippen LogP contribution in [0.1, 0.15) is 19.4 Å². The Balaban J connectivity index is 2.51. The first-order valence-electron chi connectivity index (χ1n) is 6.54. The maximum atomic E-state index is 13.3. The lowest BCUT2D eigenvalue weighted by atomic mass is 10.1. The first-order chi connectivity index (χ1) is 8.69. The standard InChI is InChI=1S/C14H23FN2O/c1-3-17(4-2)7-8-18-14-10-12(5-6-16)9-13(15)11-14/h9-11H,3-8,16H2,1-2H3. The minimum atomic E-state index is -0.265. The number of hydrogen-bond acceptors (Lipinski definition) is 3. The van der Waals surface area contributed by atoms with E-state index in [9.17, 15) is 4.39 Å². The average molecular weight is 254 g/mol. The molecule has 18 heavy (non-hydrogen) atoms. The summed E-state index contributed by atoms with van der Waals surface area (Å²) in [7, 11) is 0. The minimum Gasteiger partial charge on any atom is -0.492 e. The summed E-state index contributed by atoms with van der Waals surface area (Å²) in [5.74, 6) is 0.324. The zero-order chi connectivity index (χ0) is 13.4. The third-order valence-electron chi connectivity index (χ3n) is 2.93. The Bertz CT molecular complexity index is 354. The smallest absolute Gasteiger partial charge is 0.127 e. The Hall–Kier alpha value is -1.13. The summed E-state index contributed by atoms with van der Waals surface area (Å²) in [6, 6.07) is 4.78. The molecule has 4 heteroatoms. The number of likely N-dealkylation sites (N-methyl/N-ethyl adjacent to an activating group) is 1. The molecule has 0 saturated carbocycles. The number of hydrogen-bond donors (Lipinski definition) is 1. The van der Waals surface area contributed by atoms with E-state index >= 15 is 0 Å². The molecule has 0 amide bonds. The second-order valence-electron chi connectivity index (χ2n) is 4.21. The largest absolute Gasteiger partial charge is 0.492 e. The van der Waals surface area contributed by atoms with Crippen LogP contribution in [0.25, 0.3) is 0 Å². The Morgan fingerprint density at radius 2 is 1.94 bits per heavy atom. The van der Waals surface area contributed by atoms with Crippen LogP contribution in [0.2, 0.25) is 0 Å². The van der Waals surface area contributed by atoms with Crippen LogP contribution in [0, 0.1) is 5.82 Å². The molecule has 1 rings (SSSR count). The van der Waals surface area contributed by atoms with Crippen molar-refractivity contribution in [1.29, 1.82) is 0 Å². The quantitative estimate of drug-likeness (QED) is 0.771. The summed E-state index contributed by atoms with van der Waals surface area (Å²) in [6.07, 6.45) is 0.671. The molecule has 0 fully saturated rings. The van der Waals surface area contributed by atoms with E-state index in [1.165, 1.54) is 12.1 Å². The maximum Gasteiger partial charge on any atom is 0.127 e. The van der Waals surface area contributed by atoms with Gasteiger partial charge in [-0.05, 0) is 43.8 Å². The number of ether oxygens (including phenoxy) is 1. The highest BCUT2D eigenvalue weighted by Crippen LogP contribution is 2.16. The highest BCUT2D eigenvalue weighted by atomic mass is 19.1. The molecule has 0 bridgehead atoms. The second kappa shape index (κ2) is 8.06. The first-order valence-corrected chi connectivity index (χ1v) is 6.54. The van der Waals surface area contributed by atoms with Crippen molar-refractivity contribution in [3.8, 4) is 5.75 Å². The molecule has 1 aromatic carbocycles. The molecule has 2 N–H and O–H groups in total. The normalized spacial score (nSPS) is 10.9. The van der Waals surface area contributed by atoms with Gasteiger partial charge in [0.05, 0.1) is 0 Å². The van der Waals surface area contributed by atoms with Crippen molar-refractivity contribution >= 4 is 0 Å². The van der Waals surface area contributed by atoms with Gasteiger partial charge in [0.1, 0.15) is 18.2 Å². The van der Waals surface area contributed by atoms with Gasteiger partial charge in [-0.3, -0.25) is 0 Å². The van der Waals surface area contributed by atoms with Crippen LogP contribution >= 0.6 is 0 Å². The van der Waals surface area contributed by atoms with Crippen LogP contribution in [0.3, 0.4) is 0 Å². The fraction of sp³-hybridized carbons (Fsp3) is 0.571. The van der Waals surface area contributed by atoms with Gasteiger partial charge in [0, 0.05) is 12.6 Å². The van der Waals surface area contributed by atoms with Crippen molar-refractivity contribution in [1.82, 2.24) is 4.90 Å². The van der Waals surface area contributed by atoms with Crippen LogP contribution in [0.15, 0.2) is 18.2 Å². The van der Waals surface area contributed by atoms with Gasteiger partial charge in [-0.2, -0.15) is 0 Å². The molecule has 3 nitrogen and oxygen atoms in total. The van der Waals surface area contributed by atoms with Gasteiger partial charge in [-0.15, -0.1) is 0 Å². The van der Waals surface area contributed by atoms with Crippen molar-refractivity contribution in [3.05, 3.63) is 29.6 Å². The van der Waals surface area contributed by atoms with Gasteiger partial charge >= 0.3 is 0 Å². The third-order valence-corrected chi connectivity index (χ3v) is 2.93. The second-order valence-corrected chi connectivity index (χ2v) is 4.21. The molecule has 0 atom stereocenters. The van der Waals surface area contributed by atoms with Crippen LogP contribution in [0.4, 0.5) is 4.39 Å². The molecule has 0 aliphatic carbocycles. The summed E-state index contributed by atoms with van der Waals surface area (Å²) in [6.45, 7) is 8.18. The van der Waals surface area contributed by atoms with E-state index in [0.717, 1.165) is 25.2 Å². The van der Waals surface area contributed by atoms with Crippen LogP contribution in [-0.4, -0.2) is 37.7 Å². The van der Waals surface area contributed by atoms with Gasteiger partial charge in [0.15, 0.2) is 0 Å². The van der Waals surface area contributed by atoms with Crippen LogP contribution in [-0.2, 0) is 6.42 Å². The molecule has 0 saturated heterocycles. The molecule has 0 aromatic heterocycles. The average Bonchev–Trinajstić information content (AvgIpc) is 2.34. The number of rotatable bonds is 8. The van der Waals surface area contributed by atoms with Crippen LogP contribution in [0.5, 0.6) is 5.75 Å². The van der Waals surface area contributed by atoms with E-state index in [-0.39, 0.29) is 5.82 Å². The fourth-order valence-electron chi connectivity index (χ4n) is 1.85. The van der Waals surface area contributed by atoms with E-state index < -0.39 is 0 Å². The van der Waals surface area contributed by atoms with Gasteiger partial charge in [-0.1, -0.05) is 13.8 Å². The Morgan fingerprint density at radius 3 is 2.56 bits per heavy atom. The molecular formula is C14H23FN2O. The van der Waals surface area contributed by atoms with Crippen molar-refractivity contribution in [2.75, 3.05) is 32.8 Å². The van der Waals surface area contributed by atoms with Crippen molar-refractivity contribution in [3.63, 3.8) is 0 Å². The van der Waals surface area contributed by atoms with Crippen molar-refractivity contribution < 1.29 is 9.13 Å². The molecule has 0 spiro atoms. The molecule has 1 aromatic rings. The fourth-order valence-corrected chi connectivity index (χ4v) is 1.85. The molecular weight excluding hydrogens is 231 g/mol. The molecule has 0 unspecified atom stereocenters. The van der Waals surface area contributed by atoms with E-state index in [1.54, 1.807) is 0 Å². The molecule has 0 radical (unpaired) electrons. The predicted molar refractivity (Wildman–Crippen MR) is 72.4 cm³/mol. The van der Waals surface area contributed by atoms with Gasteiger partial charge in [0.2, 0.25) is 0 Å². The van der Waals surface area contributed by atoms with Crippen molar-refractivity contribution in [2.45, 2.75) is 20.3 Å². The topological polar surface area (TPSA) is 38.5 Å². The number of nitrogens with two attached hydrogens (primary N) is 1. The molecule has 102 valence electrons. The van der Waals surface area contributed by atoms with Gasteiger partial charge in [0.25, 0.3) is 0 Å². The molecule has 0 aliphatic heterocycles. The maximum absolute atomic E-state index is 13.3. The highest BCUT2D eigenvalue weighted by molar-refractivity contribution is 5.29. The molecule has 0 heterocycles. The third kappa shape index (κ3) is 5.02. The lowest BCUT2D eigenvalue weighted by Crippen LogP contribution is -2.27. The minimum absolute atomic E-state index is 0.265. The van der Waals surface area contributed by atoms with Gasteiger partial charge < -0.3 is 15.4 Å². The zero-order valence-corrected chi connectivity index (χ0v) is 11.3. The molecule has 0 aliphatic rings. The predicted octanol–water partition coefficient (Wildman–Crippen LogP) is 2.05. The Kier molecular flexibility index (Phi) is 6.68. The monoisotopic (exact) mass is 254 g/mol. The Labute approximate surface area is 109 Å². The summed E-state index contributed by atoms with van der Waals surface area (Å²) < 4.78 is 18.9. The number of halogens is 1. The highest BCUT2D eigenvalue weighted by Gasteiger charge is 2.03. The van der Waals surface area contributed by atoms with Crippen LogP contribution < -0.4 is 10.5 Å². The van der Waals surface area contributed by atoms with E-state index in [2.05, 4.69) is 18.7 Å². The zero-order valence-electron chi connectivity index (χ0n) is 11.3. The Morgan fingerprint density at radius 1 is 1.22 bits per heavy atom. The van der Waals surface area contributed by atoms with Crippen molar-refractivity contribution in [2.24, 2.45) is 5.73 Å². The summed E-state index contributed by atoms with van der Waals surface area (Å²) in [5.41, 5.74) is 6.35. The SMILES string of the molecule is CCN(CC)CCOc1cc(F)cc(CCN)c1. The summed E-state index contributed by atoms with van der Waals surface area (Å²) >= 11 is 0. The lowest BCUT2D eigenvalue weighted by Gasteiger charge is -2.18. The summed E-state index contributed by atoms with van der Waals surface area (Å²) in [4.78, 5) is 2.26. The number of benzene rings is 1. The first kappa shape index (κ1) is 14.9. The van der Waals surface area contributed by atoms with E-state index in [0.29, 0.717) is 25.3 Å². The number of nitrogens with zero attached hydrogens (tertiary/aromatic N) is 1.